The van der Waals surface area contributed by atoms with Crippen molar-refractivity contribution in [3.8, 4) is 23.0 Å². The Hall–Kier alpha value is -5.05. The van der Waals surface area contributed by atoms with E-state index in [1.54, 1.807) is 35.2 Å². The van der Waals surface area contributed by atoms with Gasteiger partial charge in [-0.1, -0.05) is 30.3 Å². The van der Waals surface area contributed by atoms with Gasteiger partial charge in [0, 0.05) is 23.5 Å². The second-order valence-corrected chi connectivity index (χ2v) is 9.81. The first-order valence-electron chi connectivity index (χ1n) is 13.1. The van der Waals surface area contributed by atoms with Gasteiger partial charge in [-0.05, 0) is 61.0 Å². The molecule has 0 aliphatic carbocycles. The van der Waals surface area contributed by atoms with E-state index >= 15 is 0 Å². The zero-order valence-corrected chi connectivity index (χ0v) is 21.8. The molecule has 1 unspecified atom stereocenters. The largest absolute Gasteiger partial charge is 0.486 e. The van der Waals surface area contributed by atoms with Crippen molar-refractivity contribution in [2.75, 3.05) is 18.5 Å². The molecule has 0 bridgehead atoms. The third-order valence-corrected chi connectivity index (χ3v) is 7.33. The molecule has 4 heterocycles. The zero-order valence-electron chi connectivity index (χ0n) is 21.8. The van der Waals surface area contributed by atoms with Gasteiger partial charge in [0.1, 0.15) is 24.8 Å². The third kappa shape index (κ3) is 4.07. The van der Waals surface area contributed by atoms with Gasteiger partial charge in [-0.15, -0.1) is 0 Å². The van der Waals surface area contributed by atoms with Crippen molar-refractivity contribution < 1.29 is 18.7 Å². The number of rotatable bonds is 3. The highest BCUT2D eigenvalue weighted by Crippen LogP contribution is 2.39. The molecular formula is C31H26FN5O3. The highest BCUT2D eigenvalue weighted by Gasteiger charge is 2.36. The van der Waals surface area contributed by atoms with Crippen molar-refractivity contribution in [1.82, 2.24) is 19.2 Å². The molecule has 0 fully saturated rings. The Morgan fingerprint density at radius 3 is 2.52 bits per heavy atom. The summed E-state index contributed by atoms with van der Waals surface area (Å²) in [6.45, 7) is 3.18. The van der Waals surface area contributed by atoms with Gasteiger partial charge in [-0.2, -0.15) is 5.10 Å². The summed E-state index contributed by atoms with van der Waals surface area (Å²) in [5, 5.41) is 7.93. The molecule has 200 valence electrons. The van der Waals surface area contributed by atoms with Crippen molar-refractivity contribution >= 4 is 11.7 Å². The lowest BCUT2D eigenvalue weighted by Gasteiger charge is -2.31. The first-order chi connectivity index (χ1) is 19.6. The molecular weight excluding hydrogens is 509 g/mol. The Bertz CT molecular complexity index is 1710. The predicted octanol–water partition coefficient (Wildman–Crippen LogP) is 6.02. The Labute approximate surface area is 230 Å². The summed E-state index contributed by atoms with van der Waals surface area (Å²) >= 11 is 0. The number of urea groups is 1. The van der Waals surface area contributed by atoms with E-state index < -0.39 is 6.04 Å². The van der Waals surface area contributed by atoms with E-state index in [1.165, 1.54) is 12.1 Å². The van der Waals surface area contributed by atoms with Crippen molar-refractivity contribution in [3.05, 3.63) is 119 Å². The van der Waals surface area contributed by atoms with E-state index in [4.69, 9.17) is 14.6 Å². The average molecular weight is 536 g/mol. The molecule has 1 atom stereocenters. The molecule has 7 rings (SSSR count). The lowest BCUT2D eigenvalue weighted by molar-refractivity contribution is 0.171. The fourth-order valence-electron chi connectivity index (χ4n) is 5.46. The molecule has 0 radical (unpaired) electrons. The van der Waals surface area contributed by atoms with Crippen LogP contribution in [0.25, 0.3) is 11.5 Å². The summed E-state index contributed by atoms with van der Waals surface area (Å²) in [4.78, 5) is 15.9. The Morgan fingerprint density at radius 2 is 1.73 bits per heavy atom. The van der Waals surface area contributed by atoms with Crippen LogP contribution in [0.5, 0.6) is 11.5 Å². The molecule has 2 aliphatic rings. The minimum absolute atomic E-state index is 0.286. The molecule has 8 nitrogen and oxygen atoms in total. The lowest BCUT2D eigenvalue weighted by atomic mass is 10.0. The van der Waals surface area contributed by atoms with Crippen LogP contribution in [0.4, 0.5) is 14.9 Å². The average Bonchev–Trinajstić information content (AvgIpc) is 3.54. The first-order valence-corrected chi connectivity index (χ1v) is 13.1. The number of anilines is 1. The van der Waals surface area contributed by atoms with Crippen molar-refractivity contribution in [3.63, 3.8) is 0 Å². The van der Waals surface area contributed by atoms with E-state index in [1.807, 2.05) is 60.3 Å². The number of ether oxygens (including phenoxy) is 2. The number of aromatic nitrogens is 3. The van der Waals surface area contributed by atoms with Gasteiger partial charge in [0.2, 0.25) is 0 Å². The molecule has 9 heteroatoms. The van der Waals surface area contributed by atoms with Crippen LogP contribution in [0.15, 0.2) is 91.1 Å². The van der Waals surface area contributed by atoms with Crippen LogP contribution in [-0.4, -0.2) is 38.5 Å². The minimum atomic E-state index is -0.496. The third-order valence-electron chi connectivity index (χ3n) is 7.33. The molecule has 2 aliphatic heterocycles. The molecule has 0 spiro atoms. The smallest absolute Gasteiger partial charge is 0.322 e. The van der Waals surface area contributed by atoms with Gasteiger partial charge in [-0.25, -0.2) is 13.9 Å². The Balaban J connectivity index is 1.36. The maximum Gasteiger partial charge on any atom is 0.322 e. The zero-order chi connectivity index (χ0) is 27.2. The number of amides is 2. The fraction of sp³-hybridized carbons (Fsp3) is 0.161. The van der Waals surface area contributed by atoms with Crippen molar-refractivity contribution in [2.45, 2.75) is 19.5 Å². The van der Waals surface area contributed by atoms with Crippen LogP contribution in [0.1, 0.15) is 28.6 Å². The summed E-state index contributed by atoms with van der Waals surface area (Å²) in [5.41, 5.74) is 4.89. The van der Waals surface area contributed by atoms with Crippen LogP contribution in [-0.2, 0) is 6.54 Å². The predicted molar refractivity (Wildman–Crippen MR) is 148 cm³/mol. The van der Waals surface area contributed by atoms with Gasteiger partial charge in [0.25, 0.3) is 0 Å². The quantitative estimate of drug-likeness (QED) is 0.307. The van der Waals surface area contributed by atoms with Crippen molar-refractivity contribution in [2.24, 2.45) is 0 Å². The number of para-hydroxylation sites is 1. The molecule has 40 heavy (non-hydrogen) atoms. The van der Waals surface area contributed by atoms with Gasteiger partial charge in [0.05, 0.1) is 29.7 Å². The molecule has 1 N–H and O–H groups in total. The summed E-state index contributed by atoms with van der Waals surface area (Å²) in [5.74, 6) is 1.77. The van der Waals surface area contributed by atoms with E-state index in [2.05, 4.69) is 9.88 Å². The molecule has 3 aromatic carbocycles. The van der Waals surface area contributed by atoms with Crippen LogP contribution in [0.3, 0.4) is 0 Å². The monoisotopic (exact) mass is 535 g/mol. The maximum absolute atomic E-state index is 14.1. The number of hydrogen-bond acceptors (Lipinski definition) is 4. The summed E-state index contributed by atoms with van der Waals surface area (Å²) in [7, 11) is 0. The number of hydrogen-bond donors (Lipinski definition) is 1. The normalized spacial score (nSPS) is 15.7. The maximum atomic E-state index is 14.1. The van der Waals surface area contributed by atoms with Gasteiger partial charge in [-0.3, -0.25) is 0 Å². The summed E-state index contributed by atoms with van der Waals surface area (Å²) in [6.07, 6.45) is 1.98. The van der Waals surface area contributed by atoms with E-state index in [9.17, 15) is 9.18 Å². The lowest BCUT2D eigenvalue weighted by Crippen LogP contribution is -2.38. The second kappa shape index (κ2) is 9.60. The number of nitrogens with one attached hydrogen (secondary N) is 1. The number of benzene rings is 3. The van der Waals surface area contributed by atoms with E-state index in [0.717, 1.165) is 34.0 Å². The Morgan fingerprint density at radius 1 is 0.950 bits per heavy atom. The minimum Gasteiger partial charge on any atom is -0.486 e. The first kappa shape index (κ1) is 24.0. The second-order valence-electron chi connectivity index (χ2n) is 9.81. The molecule has 2 amide bonds. The number of carbonyl (C=O) groups is 1. The van der Waals surface area contributed by atoms with Gasteiger partial charge >= 0.3 is 6.03 Å². The van der Waals surface area contributed by atoms with Crippen LogP contribution in [0.2, 0.25) is 0 Å². The van der Waals surface area contributed by atoms with E-state index in [-0.39, 0.29) is 18.4 Å². The standard InChI is InChI=1S/C31H26FN5O3/c1-20-25-19-36(31(38)33-23-13-14-27-28(18-23)40-17-16-39-27)29(21-9-11-22(32)12-10-21)26-8-5-15-35(26)30(25)37(34-20)24-6-3-2-4-7-24/h2-15,18,29H,16-17,19H2,1H3,(H,33,38). The summed E-state index contributed by atoms with van der Waals surface area (Å²) in [6, 6.07) is 24.7. The number of halogens is 1. The van der Waals surface area contributed by atoms with Crippen molar-refractivity contribution in [1.29, 1.82) is 0 Å². The molecule has 5 aromatic rings. The van der Waals surface area contributed by atoms with Crippen LogP contribution >= 0.6 is 0 Å². The van der Waals surface area contributed by atoms with Gasteiger partial charge < -0.3 is 24.3 Å². The number of nitrogens with zero attached hydrogens (tertiary/aromatic N) is 4. The number of carbonyl (C=O) groups excluding carboxylic acids is 1. The fourth-order valence-corrected chi connectivity index (χ4v) is 5.46. The topological polar surface area (TPSA) is 73.6 Å². The number of aryl methyl sites for hydroxylation is 1. The van der Waals surface area contributed by atoms with Crippen LogP contribution < -0.4 is 14.8 Å². The SMILES string of the molecule is Cc1nn(-c2ccccc2)c2c1CN(C(=O)Nc1ccc3c(c1)OCCO3)C(c1ccc(F)cc1)c1cccn1-2. The molecule has 0 saturated carbocycles. The summed E-state index contributed by atoms with van der Waals surface area (Å²) < 4.78 is 29.3. The Kier molecular flexibility index (Phi) is 5.77. The van der Waals surface area contributed by atoms with Gasteiger partial charge in [0.15, 0.2) is 11.5 Å². The number of fused-ring (bicyclic) bond motifs is 4. The molecule has 2 aromatic heterocycles. The molecule has 0 saturated heterocycles. The van der Waals surface area contributed by atoms with E-state index in [0.29, 0.717) is 30.4 Å². The highest BCUT2D eigenvalue weighted by atomic mass is 19.1. The highest BCUT2D eigenvalue weighted by molar-refractivity contribution is 5.90. The van der Waals surface area contributed by atoms with Crippen LogP contribution in [0, 0.1) is 12.7 Å².